The van der Waals surface area contributed by atoms with Gasteiger partial charge in [0.2, 0.25) is 5.91 Å². The Morgan fingerprint density at radius 1 is 1.22 bits per heavy atom. The minimum absolute atomic E-state index is 0.0137. The Balaban J connectivity index is 1.85. The molecule has 4 rings (SSSR count). The number of rotatable bonds is 2. The van der Waals surface area contributed by atoms with Crippen LogP contribution < -0.4 is 5.32 Å². The molecule has 3 heterocycles. The van der Waals surface area contributed by atoms with Gasteiger partial charge in [0.1, 0.15) is 12.1 Å². The summed E-state index contributed by atoms with van der Waals surface area (Å²) in [6.07, 6.45) is 5.66. The van der Waals surface area contributed by atoms with Crippen LogP contribution in [0.3, 0.4) is 0 Å². The molecule has 1 amide bonds. The molecule has 0 saturated carbocycles. The molecule has 0 saturated heterocycles. The first-order chi connectivity index (χ1) is 11.2. The molecule has 1 aromatic carbocycles. The largest absolute Gasteiger partial charge is 0.310 e. The van der Waals surface area contributed by atoms with E-state index in [-0.39, 0.29) is 11.8 Å². The van der Waals surface area contributed by atoms with E-state index in [0.717, 1.165) is 27.2 Å². The summed E-state index contributed by atoms with van der Waals surface area (Å²) >= 11 is 3.55. The molecule has 5 nitrogen and oxygen atoms in total. The number of hydrogen-bond acceptors (Lipinski definition) is 3. The van der Waals surface area contributed by atoms with E-state index in [4.69, 9.17) is 0 Å². The summed E-state index contributed by atoms with van der Waals surface area (Å²) in [4.78, 5) is 20.9. The van der Waals surface area contributed by atoms with E-state index in [1.807, 2.05) is 41.0 Å². The van der Waals surface area contributed by atoms with Crippen LogP contribution in [0, 0.1) is 0 Å². The summed E-state index contributed by atoms with van der Waals surface area (Å²) in [7, 11) is 0. The summed E-state index contributed by atoms with van der Waals surface area (Å²) < 4.78 is 2.85. The Labute approximate surface area is 141 Å². The Bertz CT molecular complexity index is 875. The van der Waals surface area contributed by atoms with Crippen molar-refractivity contribution in [3.05, 3.63) is 70.8 Å². The summed E-state index contributed by atoms with van der Waals surface area (Å²) in [5, 5.41) is 2.95. The molecule has 23 heavy (non-hydrogen) atoms. The first kappa shape index (κ1) is 14.1. The molecule has 114 valence electrons. The van der Waals surface area contributed by atoms with Gasteiger partial charge in [-0.2, -0.15) is 0 Å². The normalized spacial score (nSPS) is 16.7. The van der Waals surface area contributed by atoms with Crippen molar-refractivity contribution in [2.45, 2.75) is 12.3 Å². The fourth-order valence-electron chi connectivity index (χ4n) is 2.89. The number of fused-ring (bicyclic) bond motifs is 1. The van der Waals surface area contributed by atoms with Crippen LogP contribution in [0.5, 0.6) is 0 Å². The van der Waals surface area contributed by atoms with Crippen LogP contribution in [0.2, 0.25) is 0 Å². The number of hydrogen-bond donors (Lipinski definition) is 1. The van der Waals surface area contributed by atoms with Gasteiger partial charge >= 0.3 is 0 Å². The van der Waals surface area contributed by atoms with Crippen LogP contribution in [0.4, 0.5) is 5.82 Å². The number of amides is 1. The van der Waals surface area contributed by atoms with E-state index in [1.165, 1.54) is 0 Å². The number of carbonyl (C=O) groups excluding carboxylic acids is 1. The molecule has 1 atom stereocenters. The van der Waals surface area contributed by atoms with Crippen molar-refractivity contribution in [2.24, 2.45) is 0 Å². The Morgan fingerprint density at radius 2 is 2.09 bits per heavy atom. The van der Waals surface area contributed by atoms with Gasteiger partial charge in [0.05, 0.1) is 11.4 Å². The van der Waals surface area contributed by atoms with E-state index >= 15 is 0 Å². The second-order valence-electron chi connectivity index (χ2n) is 5.39. The minimum atomic E-state index is -0.0730. The molecule has 0 unspecified atom stereocenters. The van der Waals surface area contributed by atoms with Crippen molar-refractivity contribution >= 4 is 27.7 Å². The van der Waals surface area contributed by atoms with Crippen molar-refractivity contribution in [3.63, 3.8) is 0 Å². The lowest BCUT2D eigenvalue weighted by atomic mass is 9.91. The van der Waals surface area contributed by atoms with Gasteiger partial charge < -0.3 is 5.32 Å². The minimum Gasteiger partial charge on any atom is -0.310 e. The summed E-state index contributed by atoms with van der Waals surface area (Å²) in [6, 6.07) is 11.7. The molecule has 0 aliphatic carbocycles. The maximum absolute atomic E-state index is 12.2. The number of aromatic nitrogens is 3. The SMILES string of the molecule is O=C1C[C@H](c2cccnc2)c2ncn(-c3ccccc3Br)c2N1. The van der Waals surface area contributed by atoms with Gasteiger partial charge in [0.25, 0.3) is 0 Å². The number of benzene rings is 1. The van der Waals surface area contributed by atoms with E-state index in [9.17, 15) is 4.79 Å². The lowest BCUT2D eigenvalue weighted by Crippen LogP contribution is -2.25. The van der Waals surface area contributed by atoms with Gasteiger partial charge in [-0.1, -0.05) is 18.2 Å². The number of carbonyl (C=O) groups is 1. The highest BCUT2D eigenvalue weighted by atomic mass is 79.9. The third-order valence-electron chi connectivity index (χ3n) is 3.97. The maximum atomic E-state index is 12.2. The standard InChI is InChI=1S/C17H13BrN4O/c18-13-5-1-2-6-14(13)22-10-20-16-12(8-15(23)21-17(16)22)11-4-3-7-19-9-11/h1-7,9-10,12H,8H2,(H,21,23)/t12-/m1/s1. The zero-order valence-electron chi connectivity index (χ0n) is 12.1. The van der Waals surface area contributed by atoms with E-state index in [1.54, 1.807) is 18.7 Å². The number of halogens is 1. The van der Waals surface area contributed by atoms with Crippen LogP contribution >= 0.6 is 15.9 Å². The lowest BCUT2D eigenvalue weighted by Gasteiger charge is -2.23. The quantitative estimate of drug-likeness (QED) is 0.752. The molecule has 2 aromatic heterocycles. The number of nitrogens with one attached hydrogen (secondary N) is 1. The highest BCUT2D eigenvalue weighted by Crippen LogP contribution is 2.37. The molecule has 0 spiro atoms. The van der Waals surface area contributed by atoms with Crippen LogP contribution in [-0.4, -0.2) is 20.4 Å². The van der Waals surface area contributed by atoms with Crippen LogP contribution in [0.25, 0.3) is 5.69 Å². The van der Waals surface area contributed by atoms with Crippen molar-refractivity contribution in [1.82, 2.24) is 14.5 Å². The molecule has 0 fully saturated rings. The third kappa shape index (κ3) is 2.45. The highest BCUT2D eigenvalue weighted by Gasteiger charge is 2.31. The molecule has 0 radical (unpaired) electrons. The van der Waals surface area contributed by atoms with E-state index < -0.39 is 0 Å². The summed E-state index contributed by atoms with van der Waals surface area (Å²) in [5.74, 6) is 0.637. The molecular weight excluding hydrogens is 356 g/mol. The van der Waals surface area contributed by atoms with Gasteiger partial charge in [-0.05, 0) is 39.7 Å². The van der Waals surface area contributed by atoms with Gasteiger partial charge in [0.15, 0.2) is 0 Å². The topological polar surface area (TPSA) is 59.8 Å². The molecule has 0 bridgehead atoms. The van der Waals surface area contributed by atoms with Crippen molar-refractivity contribution < 1.29 is 4.79 Å². The number of pyridine rings is 1. The van der Waals surface area contributed by atoms with Crippen LogP contribution in [-0.2, 0) is 4.79 Å². The molecular formula is C17H13BrN4O. The van der Waals surface area contributed by atoms with Crippen molar-refractivity contribution in [3.8, 4) is 5.69 Å². The van der Waals surface area contributed by atoms with Gasteiger partial charge in [-0.15, -0.1) is 0 Å². The van der Waals surface area contributed by atoms with Gasteiger partial charge in [-0.25, -0.2) is 4.98 Å². The smallest absolute Gasteiger partial charge is 0.226 e. The number of nitrogens with zero attached hydrogens (tertiary/aromatic N) is 3. The monoisotopic (exact) mass is 368 g/mol. The van der Waals surface area contributed by atoms with Crippen LogP contribution in [0.15, 0.2) is 59.6 Å². The molecule has 1 N–H and O–H groups in total. The van der Waals surface area contributed by atoms with E-state index in [0.29, 0.717) is 6.42 Å². The number of imidazole rings is 1. The third-order valence-corrected chi connectivity index (χ3v) is 4.64. The fraction of sp³-hybridized carbons (Fsp3) is 0.118. The molecule has 6 heteroatoms. The van der Waals surface area contributed by atoms with Crippen LogP contribution in [0.1, 0.15) is 23.6 Å². The second kappa shape index (κ2) is 5.62. The summed E-state index contributed by atoms with van der Waals surface area (Å²) in [6.45, 7) is 0. The zero-order valence-corrected chi connectivity index (χ0v) is 13.7. The van der Waals surface area contributed by atoms with Gasteiger partial charge in [-0.3, -0.25) is 14.3 Å². The zero-order chi connectivity index (χ0) is 15.8. The first-order valence-electron chi connectivity index (χ1n) is 7.26. The highest BCUT2D eigenvalue weighted by molar-refractivity contribution is 9.10. The molecule has 1 aliphatic heterocycles. The second-order valence-corrected chi connectivity index (χ2v) is 6.25. The Morgan fingerprint density at radius 3 is 2.87 bits per heavy atom. The summed E-state index contributed by atoms with van der Waals surface area (Å²) in [5.41, 5.74) is 2.81. The predicted molar refractivity (Wildman–Crippen MR) is 90.6 cm³/mol. The van der Waals surface area contributed by atoms with E-state index in [2.05, 4.69) is 31.2 Å². The average Bonchev–Trinajstić information content (AvgIpc) is 2.99. The first-order valence-corrected chi connectivity index (χ1v) is 8.05. The average molecular weight is 369 g/mol. The predicted octanol–water partition coefficient (Wildman–Crippen LogP) is 3.50. The van der Waals surface area contributed by atoms with Crippen molar-refractivity contribution in [1.29, 1.82) is 0 Å². The Kier molecular flexibility index (Phi) is 3.46. The number of para-hydroxylation sites is 1. The Hall–Kier alpha value is -2.47. The van der Waals surface area contributed by atoms with Gasteiger partial charge in [0, 0.05) is 29.2 Å². The maximum Gasteiger partial charge on any atom is 0.226 e. The fourth-order valence-corrected chi connectivity index (χ4v) is 3.37. The number of anilines is 1. The lowest BCUT2D eigenvalue weighted by molar-refractivity contribution is -0.116. The molecule has 3 aromatic rings. The molecule has 1 aliphatic rings. The van der Waals surface area contributed by atoms with Crippen molar-refractivity contribution in [2.75, 3.05) is 5.32 Å².